The zero-order valence-corrected chi connectivity index (χ0v) is 11.7. The monoisotopic (exact) mass is 293 g/mol. The summed E-state index contributed by atoms with van der Waals surface area (Å²) < 4.78 is 3.06. The highest BCUT2D eigenvalue weighted by atomic mass is 79.9. The van der Waals surface area contributed by atoms with Crippen LogP contribution in [0.5, 0.6) is 0 Å². The number of halogens is 1. The minimum Gasteiger partial charge on any atom is -0.381 e. The highest BCUT2D eigenvalue weighted by Gasteiger charge is 1.99. The fourth-order valence-corrected chi connectivity index (χ4v) is 1.96. The van der Waals surface area contributed by atoms with Gasteiger partial charge in [-0.25, -0.2) is 0 Å². The van der Waals surface area contributed by atoms with Crippen LogP contribution in [-0.4, -0.2) is 9.78 Å². The topological polar surface area (TPSA) is 29.9 Å². The first-order valence-electron chi connectivity index (χ1n) is 5.70. The summed E-state index contributed by atoms with van der Waals surface area (Å²) in [6.45, 7) is 5.88. The lowest BCUT2D eigenvalue weighted by Gasteiger charge is -2.06. The molecular formula is C13H16BrN3. The zero-order chi connectivity index (χ0) is 12.3. The number of aryl methyl sites for hydroxylation is 2. The molecule has 1 heterocycles. The molecular weight excluding hydrogens is 278 g/mol. The molecule has 1 aromatic heterocycles. The van der Waals surface area contributed by atoms with Crippen LogP contribution in [0.1, 0.15) is 18.1 Å². The second kappa shape index (κ2) is 5.36. The lowest BCUT2D eigenvalue weighted by molar-refractivity contribution is 0.659. The highest BCUT2D eigenvalue weighted by molar-refractivity contribution is 9.10. The second-order valence-electron chi connectivity index (χ2n) is 4.02. The molecule has 0 aliphatic rings. The molecule has 1 N–H and O–H groups in total. The van der Waals surface area contributed by atoms with Gasteiger partial charge in [0.2, 0.25) is 0 Å². The number of hydrogen-bond donors (Lipinski definition) is 1. The Morgan fingerprint density at radius 3 is 2.88 bits per heavy atom. The van der Waals surface area contributed by atoms with E-state index in [0.717, 1.165) is 23.2 Å². The van der Waals surface area contributed by atoms with Crippen LogP contribution in [0, 0.1) is 6.92 Å². The number of benzene rings is 1. The van der Waals surface area contributed by atoms with Gasteiger partial charge in [0.05, 0.1) is 6.20 Å². The van der Waals surface area contributed by atoms with Crippen molar-refractivity contribution in [2.75, 3.05) is 5.32 Å². The van der Waals surface area contributed by atoms with E-state index in [1.54, 1.807) is 0 Å². The molecule has 2 aromatic rings. The van der Waals surface area contributed by atoms with Crippen molar-refractivity contribution in [2.24, 2.45) is 0 Å². The van der Waals surface area contributed by atoms with Gasteiger partial charge >= 0.3 is 0 Å². The molecule has 0 aliphatic heterocycles. The van der Waals surface area contributed by atoms with Crippen molar-refractivity contribution in [3.05, 3.63) is 46.2 Å². The average Bonchev–Trinajstić information content (AvgIpc) is 2.79. The molecule has 0 fully saturated rings. The van der Waals surface area contributed by atoms with Crippen LogP contribution in [-0.2, 0) is 13.1 Å². The predicted octanol–water partition coefficient (Wildman–Crippen LogP) is 3.59. The molecule has 0 unspecified atom stereocenters. The average molecular weight is 294 g/mol. The molecule has 0 saturated heterocycles. The molecule has 4 heteroatoms. The third-order valence-corrected chi connectivity index (χ3v) is 3.53. The van der Waals surface area contributed by atoms with Gasteiger partial charge in [0.1, 0.15) is 0 Å². The normalized spacial score (nSPS) is 10.5. The van der Waals surface area contributed by atoms with Crippen LogP contribution in [0.25, 0.3) is 0 Å². The lowest BCUT2D eigenvalue weighted by Crippen LogP contribution is -1.98. The first-order valence-corrected chi connectivity index (χ1v) is 6.49. The fourth-order valence-electron chi connectivity index (χ4n) is 1.58. The molecule has 0 bridgehead atoms. The first kappa shape index (κ1) is 12.2. The molecule has 0 amide bonds. The number of aromatic nitrogens is 2. The molecule has 1 aromatic carbocycles. The summed E-state index contributed by atoms with van der Waals surface area (Å²) in [6.07, 6.45) is 3.97. The minimum absolute atomic E-state index is 0.801. The van der Waals surface area contributed by atoms with Crippen molar-refractivity contribution in [1.82, 2.24) is 9.78 Å². The summed E-state index contributed by atoms with van der Waals surface area (Å²) in [5.41, 5.74) is 3.56. The Kier molecular flexibility index (Phi) is 3.84. The molecule has 0 saturated carbocycles. The van der Waals surface area contributed by atoms with E-state index in [-0.39, 0.29) is 0 Å². The Morgan fingerprint density at radius 2 is 2.24 bits per heavy atom. The van der Waals surface area contributed by atoms with Gasteiger partial charge in [-0.15, -0.1) is 0 Å². The van der Waals surface area contributed by atoms with E-state index in [0.29, 0.717) is 0 Å². The van der Waals surface area contributed by atoms with E-state index in [1.165, 1.54) is 11.1 Å². The van der Waals surface area contributed by atoms with Crippen molar-refractivity contribution in [2.45, 2.75) is 26.9 Å². The van der Waals surface area contributed by atoms with E-state index in [9.17, 15) is 0 Å². The summed E-state index contributed by atoms with van der Waals surface area (Å²) in [4.78, 5) is 0. The third kappa shape index (κ3) is 3.09. The minimum atomic E-state index is 0.801. The van der Waals surface area contributed by atoms with Crippen LogP contribution in [0.3, 0.4) is 0 Å². The Bertz CT molecular complexity index is 505. The predicted molar refractivity (Wildman–Crippen MR) is 74.1 cm³/mol. The third-order valence-electron chi connectivity index (χ3n) is 2.68. The van der Waals surface area contributed by atoms with Gasteiger partial charge < -0.3 is 5.32 Å². The summed E-state index contributed by atoms with van der Waals surface area (Å²) >= 11 is 3.53. The lowest BCUT2D eigenvalue weighted by atomic mass is 10.2. The SMILES string of the molecule is CCn1cc(CNc2ccc(C)c(Br)c2)cn1. The maximum atomic E-state index is 4.25. The molecule has 0 radical (unpaired) electrons. The number of nitrogens with zero attached hydrogens (tertiary/aromatic N) is 2. The van der Waals surface area contributed by atoms with Crippen molar-refractivity contribution < 1.29 is 0 Å². The van der Waals surface area contributed by atoms with Gasteiger partial charge in [0.15, 0.2) is 0 Å². The van der Waals surface area contributed by atoms with Crippen LogP contribution in [0.4, 0.5) is 5.69 Å². The fraction of sp³-hybridized carbons (Fsp3) is 0.308. The number of hydrogen-bond acceptors (Lipinski definition) is 2. The Morgan fingerprint density at radius 1 is 1.41 bits per heavy atom. The van der Waals surface area contributed by atoms with E-state index < -0.39 is 0 Å². The number of anilines is 1. The first-order chi connectivity index (χ1) is 8.19. The highest BCUT2D eigenvalue weighted by Crippen LogP contribution is 2.20. The molecule has 0 aliphatic carbocycles. The maximum Gasteiger partial charge on any atom is 0.0539 e. The smallest absolute Gasteiger partial charge is 0.0539 e. The summed E-state index contributed by atoms with van der Waals surface area (Å²) in [5.74, 6) is 0. The van der Waals surface area contributed by atoms with Gasteiger partial charge in [-0.3, -0.25) is 4.68 Å². The largest absolute Gasteiger partial charge is 0.381 e. The van der Waals surface area contributed by atoms with Gasteiger partial charge in [-0.2, -0.15) is 5.10 Å². The molecule has 17 heavy (non-hydrogen) atoms. The number of rotatable bonds is 4. The van der Waals surface area contributed by atoms with Crippen molar-refractivity contribution in [3.63, 3.8) is 0 Å². The van der Waals surface area contributed by atoms with Gasteiger partial charge in [-0.05, 0) is 31.5 Å². The molecule has 0 spiro atoms. The second-order valence-corrected chi connectivity index (χ2v) is 4.88. The summed E-state index contributed by atoms with van der Waals surface area (Å²) in [7, 11) is 0. The van der Waals surface area contributed by atoms with Crippen molar-refractivity contribution >= 4 is 21.6 Å². The van der Waals surface area contributed by atoms with E-state index >= 15 is 0 Å². The van der Waals surface area contributed by atoms with E-state index in [1.807, 2.05) is 10.9 Å². The van der Waals surface area contributed by atoms with Gasteiger partial charge in [0.25, 0.3) is 0 Å². The van der Waals surface area contributed by atoms with Crippen molar-refractivity contribution in [3.8, 4) is 0 Å². The molecule has 0 atom stereocenters. The number of nitrogens with one attached hydrogen (secondary N) is 1. The van der Waals surface area contributed by atoms with Crippen LogP contribution >= 0.6 is 15.9 Å². The van der Waals surface area contributed by atoms with Crippen molar-refractivity contribution in [1.29, 1.82) is 0 Å². The van der Waals surface area contributed by atoms with Crippen LogP contribution in [0.15, 0.2) is 35.1 Å². The molecule has 2 rings (SSSR count). The standard InChI is InChI=1S/C13H16BrN3/c1-3-17-9-11(8-16-17)7-15-12-5-4-10(2)13(14)6-12/h4-6,8-9,15H,3,7H2,1-2H3. The Hall–Kier alpha value is -1.29. The zero-order valence-electron chi connectivity index (χ0n) is 10.1. The molecule has 3 nitrogen and oxygen atoms in total. The van der Waals surface area contributed by atoms with Gasteiger partial charge in [-0.1, -0.05) is 22.0 Å². The maximum absolute atomic E-state index is 4.25. The summed E-state index contributed by atoms with van der Waals surface area (Å²) in [5, 5.41) is 7.63. The Balaban J connectivity index is 1.99. The van der Waals surface area contributed by atoms with E-state index in [2.05, 4.69) is 64.6 Å². The van der Waals surface area contributed by atoms with Gasteiger partial charge in [0, 0.05) is 35.0 Å². The quantitative estimate of drug-likeness (QED) is 0.934. The molecule has 90 valence electrons. The summed E-state index contributed by atoms with van der Waals surface area (Å²) in [6, 6.07) is 6.28. The van der Waals surface area contributed by atoms with E-state index in [4.69, 9.17) is 0 Å². The van der Waals surface area contributed by atoms with Crippen LogP contribution < -0.4 is 5.32 Å². The Labute approximate surface area is 110 Å². The van der Waals surface area contributed by atoms with Crippen LogP contribution in [0.2, 0.25) is 0 Å².